The molecule has 2 aromatic heterocycles. The molecule has 1 amide bonds. The van der Waals surface area contributed by atoms with Crippen LogP contribution in [0.15, 0.2) is 36.4 Å². The number of fused-ring (bicyclic) bond motifs is 5. The molecule has 11 heteroatoms. The van der Waals surface area contributed by atoms with Gasteiger partial charge in [-0.1, -0.05) is 6.07 Å². The van der Waals surface area contributed by atoms with Gasteiger partial charge in [-0.25, -0.2) is 14.8 Å². The highest BCUT2D eigenvalue weighted by Gasteiger charge is 2.48. The maximum Gasteiger partial charge on any atom is 0.410 e. The number of methoxy groups -OCH3 is 3. The molecule has 0 saturated carbocycles. The highest BCUT2D eigenvalue weighted by Crippen LogP contribution is 2.44. The van der Waals surface area contributed by atoms with Crippen LogP contribution in [0, 0.1) is 0 Å². The minimum Gasteiger partial charge on any atom is -0.497 e. The Morgan fingerprint density at radius 3 is 2.50 bits per heavy atom. The third-order valence-electron chi connectivity index (χ3n) is 8.19. The first-order valence-corrected chi connectivity index (χ1v) is 14.4. The molecule has 3 atom stereocenters. The molecule has 0 aliphatic carbocycles. The summed E-state index contributed by atoms with van der Waals surface area (Å²) in [4.78, 5) is 25.2. The first-order chi connectivity index (χ1) is 20.2. The number of aromatic nitrogens is 4. The van der Waals surface area contributed by atoms with E-state index in [1.807, 2.05) is 62.1 Å². The molecule has 2 bridgehead atoms. The normalized spacial score (nSPS) is 20.1. The molecule has 0 radical (unpaired) electrons. The monoisotopic (exact) mass is 574 g/mol. The number of carbonyl (C=O) groups excluding carboxylic acids is 1. The van der Waals surface area contributed by atoms with Gasteiger partial charge in [-0.2, -0.15) is 4.52 Å². The van der Waals surface area contributed by atoms with Crippen LogP contribution in [0.25, 0.3) is 16.6 Å². The van der Waals surface area contributed by atoms with Crippen LogP contribution in [0.3, 0.4) is 0 Å². The minimum absolute atomic E-state index is 0.00800. The van der Waals surface area contributed by atoms with Crippen LogP contribution >= 0.6 is 0 Å². The van der Waals surface area contributed by atoms with E-state index in [2.05, 4.69) is 5.32 Å². The van der Waals surface area contributed by atoms with E-state index in [9.17, 15) is 4.79 Å². The number of hydrogen-bond donors (Lipinski definition) is 1. The Hall–Kier alpha value is -4.28. The number of hydrogen-bond acceptors (Lipinski definition) is 9. The molecule has 1 N–H and O–H groups in total. The fourth-order valence-electron chi connectivity index (χ4n) is 6.28. The number of ether oxygens (including phenoxy) is 4. The predicted octanol–water partition coefficient (Wildman–Crippen LogP) is 5.56. The molecule has 11 nitrogen and oxygen atoms in total. The standard InChI is InChI=1S/C31H38N6O5/c1-31(2,3)42-30(38)36-19-11-14-21(23(36)15-12-19)27-34-28-22-8-7-9-24(40-5)26(22)33-29(37(28)35-27)32-17-18-10-13-20(39-4)16-25(18)41-6/h7-10,13,16,19,21,23H,11-12,14-15,17H2,1-6H3,(H,32,33). The first-order valence-electron chi connectivity index (χ1n) is 14.4. The molecular weight excluding hydrogens is 536 g/mol. The molecule has 222 valence electrons. The van der Waals surface area contributed by atoms with E-state index in [-0.39, 0.29) is 24.1 Å². The van der Waals surface area contributed by atoms with Crippen molar-refractivity contribution < 1.29 is 23.7 Å². The smallest absolute Gasteiger partial charge is 0.410 e. The van der Waals surface area contributed by atoms with Gasteiger partial charge >= 0.3 is 6.09 Å². The molecule has 6 rings (SSSR count). The number of carbonyl (C=O) groups is 1. The van der Waals surface area contributed by atoms with E-state index in [1.54, 1.807) is 25.8 Å². The number of piperidine rings is 1. The molecule has 2 aliphatic heterocycles. The SMILES string of the molecule is COc1ccc(CNc2nc3c(OC)cccc3c3nc(C4CCC5CCC4N5C(=O)OC(C)(C)C)nn23)c(OC)c1. The van der Waals surface area contributed by atoms with Gasteiger partial charge in [0.25, 0.3) is 0 Å². The van der Waals surface area contributed by atoms with Crippen LogP contribution in [0.2, 0.25) is 0 Å². The van der Waals surface area contributed by atoms with E-state index < -0.39 is 5.60 Å². The molecule has 4 heterocycles. The lowest BCUT2D eigenvalue weighted by atomic mass is 9.90. The van der Waals surface area contributed by atoms with Crippen LogP contribution in [0.5, 0.6) is 17.2 Å². The van der Waals surface area contributed by atoms with Gasteiger partial charge in [0, 0.05) is 41.6 Å². The number of nitrogens with zero attached hydrogens (tertiary/aromatic N) is 5. The van der Waals surface area contributed by atoms with Crippen molar-refractivity contribution in [2.24, 2.45) is 0 Å². The Balaban J connectivity index is 1.39. The van der Waals surface area contributed by atoms with Gasteiger partial charge in [0.2, 0.25) is 5.95 Å². The summed E-state index contributed by atoms with van der Waals surface area (Å²) in [6.45, 7) is 6.15. The van der Waals surface area contributed by atoms with Crippen molar-refractivity contribution in [2.75, 3.05) is 26.6 Å². The minimum atomic E-state index is -0.554. The highest BCUT2D eigenvalue weighted by atomic mass is 16.6. The summed E-state index contributed by atoms with van der Waals surface area (Å²) < 4.78 is 24.2. The number of anilines is 1. The molecule has 2 aliphatic rings. The fraction of sp³-hybridized carbons (Fsp3) is 0.484. The molecule has 4 aromatic rings. The average Bonchev–Trinajstić information content (AvgIpc) is 3.55. The van der Waals surface area contributed by atoms with Crippen molar-refractivity contribution in [3.63, 3.8) is 0 Å². The predicted molar refractivity (Wildman–Crippen MR) is 159 cm³/mol. The van der Waals surface area contributed by atoms with Crippen LogP contribution < -0.4 is 19.5 Å². The third-order valence-corrected chi connectivity index (χ3v) is 8.19. The van der Waals surface area contributed by atoms with Gasteiger partial charge in [-0.05, 0) is 70.7 Å². The summed E-state index contributed by atoms with van der Waals surface area (Å²) in [7, 11) is 4.90. The molecular formula is C31H38N6O5. The van der Waals surface area contributed by atoms with Crippen molar-refractivity contribution in [3.05, 3.63) is 47.8 Å². The average molecular weight is 575 g/mol. The van der Waals surface area contributed by atoms with Gasteiger partial charge in [0.15, 0.2) is 11.5 Å². The van der Waals surface area contributed by atoms with Gasteiger partial charge in [0.1, 0.15) is 28.4 Å². The second kappa shape index (κ2) is 10.8. The molecule has 0 spiro atoms. The van der Waals surface area contributed by atoms with Crippen molar-refractivity contribution in [1.29, 1.82) is 0 Å². The lowest BCUT2D eigenvalue weighted by Crippen LogP contribution is -2.49. The second-order valence-electron chi connectivity index (χ2n) is 11.9. The fourth-order valence-corrected chi connectivity index (χ4v) is 6.28. The number of para-hydroxylation sites is 1. The summed E-state index contributed by atoms with van der Waals surface area (Å²) in [6.07, 6.45) is 3.42. The zero-order chi connectivity index (χ0) is 29.6. The van der Waals surface area contributed by atoms with E-state index in [0.29, 0.717) is 41.0 Å². The molecule has 42 heavy (non-hydrogen) atoms. The topological polar surface area (TPSA) is 112 Å². The van der Waals surface area contributed by atoms with E-state index >= 15 is 0 Å². The highest BCUT2D eigenvalue weighted by molar-refractivity contribution is 5.96. The van der Waals surface area contributed by atoms with Crippen LogP contribution in [-0.4, -0.2) is 69.6 Å². The summed E-state index contributed by atoms with van der Waals surface area (Å²) >= 11 is 0. The van der Waals surface area contributed by atoms with Crippen LogP contribution in [0.1, 0.15) is 63.8 Å². The molecule has 2 saturated heterocycles. The van der Waals surface area contributed by atoms with E-state index in [4.69, 9.17) is 34.0 Å². The van der Waals surface area contributed by atoms with Crippen LogP contribution in [-0.2, 0) is 11.3 Å². The zero-order valence-corrected chi connectivity index (χ0v) is 25.0. The molecule has 2 aromatic carbocycles. The largest absolute Gasteiger partial charge is 0.497 e. The Bertz CT molecular complexity index is 1630. The Morgan fingerprint density at radius 1 is 0.976 bits per heavy atom. The first kappa shape index (κ1) is 27.9. The molecule has 3 unspecified atom stereocenters. The summed E-state index contributed by atoms with van der Waals surface area (Å²) in [5, 5.41) is 9.31. The summed E-state index contributed by atoms with van der Waals surface area (Å²) in [5.74, 6) is 3.30. The second-order valence-corrected chi connectivity index (χ2v) is 11.9. The van der Waals surface area contributed by atoms with Crippen molar-refractivity contribution in [1.82, 2.24) is 24.5 Å². The number of nitrogens with one attached hydrogen (secondary N) is 1. The Kier molecular flexibility index (Phi) is 7.20. The quantitative estimate of drug-likeness (QED) is 0.303. The number of amides is 1. The zero-order valence-electron chi connectivity index (χ0n) is 25.0. The van der Waals surface area contributed by atoms with Gasteiger partial charge < -0.3 is 29.2 Å². The maximum atomic E-state index is 13.2. The van der Waals surface area contributed by atoms with Crippen molar-refractivity contribution >= 4 is 28.6 Å². The number of rotatable bonds is 7. The van der Waals surface area contributed by atoms with E-state index in [1.165, 1.54) is 0 Å². The lowest BCUT2D eigenvalue weighted by Gasteiger charge is -2.39. The third kappa shape index (κ3) is 5.01. The van der Waals surface area contributed by atoms with Crippen molar-refractivity contribution in [2.45, 2.75) is 76.6 Å². The Morgan fingerprint density at radius 2 is 1.76 bits per heavy atom. The lowest BCUT2D eigenvalue weighted by molar-refractivity contribution is 0.00421. The van der Waals surface area contributed by atoms with Gasteiger partial charge in [0.05, 0.1) is 21.3 Å². The van der Waals surface area contributed by atoms with Crippen LogP contribution in [0.4, 0.5) is 10.7 Å². The molecule has 2 fully saturated rings. The summed E-state index contributed by atoms with van der Waals surface area (Å²) in [6, 6.07) is 11.7. The van der Waals surface area contributed by atoms with Gasteiger partial charge in [-0.3, -0.25) is 0 Å². The van der Waals surface area contributed by atoms with Gasteiger partial charge in [-0.15, -0.1) is 5.10 Å². The number of benzene rings is 2. The van der Waals surface area contributed by atoms with Crippen molar-refractivity contribution in [3.8, 4) is 17.2 Å². The Labute approximate surface area is 245 Å². The summed E-state index contributed by atoms with van der Waals surface area (Å²) in [5.41, 5.74) is 1.75. The maximum absolute atomic E-state index is 13.2. The van der Waals surface area contributed by atoms with E-state index in [0.717, 1.165) is 42.4 Å².